The van der Waals surface area contributed by atoms with Gasteiger partial charge < -0.3 is 5.32 Å². The van der Waals surface area contributed by atoms with Gasteiger partial charge in [-0.05, 0) is 25.0 Å². The number of carbonyl (C=O) groups is 1. The van der Waals surface area contributed by atoms with Crippen molar-refractivity contribution in [2.24, 2.45) is 0 Å². The molecule has 1 atom stereocenters. The van der Waals surface area contributed by atoms with E-state index in [4.69, 9.17) is 0 Å². The van der Waals surface area contributed by atoms with E-state index in [0.29, 0.717) is 6.04 Å². The predicted octanol–water partition coefficient (Wildman–Crippen LogP) is 3.36. The van der Waals surface area contributed by atoms with Gasteiger partial charge in [0.05, 0.1) is 0 Å². The maximum Gasteiger partial charge on any atom is 0.246 e. The summed E-state index contributed by atoms with van der Waals surface area (Å²) in [6.45, 7) is 0. The molecule has 2 aliphatic rings. The Morgan fingerprint density at radius 1 is 1.22 bits per heavy atom. The Balaban J connectivity index is 1.78. The van der Waals surface area contributed by atoms with Gasteiger partial charge in [0.25, 0.3) is 0 Å². The normalized spacial score (nSPS) is 23.8. The first-order chi connectivity index (χ1) is 8.74. The molecular weight excluding hydrogens is 292 g/mol. The van der Waals surface area contributed by atoms with Crippen molar-refractivity contribution in [3.05, 3.63) is 28.2 Å². The van der Waals surface area contributed by atoms with Gasteiger partial charge in [-0.3, -0.25) is 10.1 Å². The van der Waals surface area contributed by atoms with E-state index >= 15 is 0 Å². The zero-order valence-corrected chi connectivity index (χ0v) is 11.8. The molecule has 1 aliphatic carbocycles. The highest BCUT2D eigenvalue weighted by molar-refractivity contribution is 9.10. The Hall–Kier alpha value is -0.870. The number of amides is 1. The van der Waals surface area contributed by atoms with Crippen LogP contribution in [0.2, 0.25) is 0 Å². The van der Waals surface area contributed by atoms with E-state index < -0.39 is 0 Å². The minimum atomic E-state index is -0.170. The van der Waals surface area contributed by atoms with Gasteiger partial charge >= 0.3 is 0 Å². The third kappa shape index (κ3) is 2.31. The fourth-order valence-corrected chi connectivity index (χ4v) is 3.27. The van der Waals surface area contributed by atoms with Crippen molar-refractivity contribution in [1.29, 1.82) is 0 Å². The predicted molar refractivity (Wildman–Crippen MR) is 75.5 cm³/mol. The number of carbonyl (C=O) groups excluding carboxylic acids is 1. The van der Waals surface area contributed by atoms with Crippen LogP contribution in [0.1, 0.15) is 43.7 Å². The summed E-state index contributed by atoms with van der Waals surface area (Å²) in [4.78, 5) is 12.0. The van der Waals surface area contributed by atoms with Crippen LogP contribution in [0.3, 0.4) is 0 Å². The zero-order valence-electron chi connectivity index (χ0n) is 10.2. The maximum atomic E-state index is 12.0. The van der Waals surface area contributed by atoms with Gasteiger partial charge in [0.1, 0.15) is 6.04 Å². The van der Waals surface area contributed by atoms with Crippen molar-refractivity contribution in [1.82, 2.24) is 5.32 Å². The van der Waals surface area contributed by atoms with Gasteiger partial charge in [-0.1, -0.05) is 41.3 Å². The van der Waals surface area contributed by atoms with Gasteiger partial charge in [-0.15, -0.1) is 0 Å². The molecule has 1 heterocycles. The fraction of sp³-hybridized carbons (Fsp3) is 0.500. The molecule has 3 rings (SSSR count). The average molecular weight is 309 g/mol. The number of rotatable bonds is 2. The third-order valence-electron chi connectivity index (χ3n) is 3.85. The topological polar surface area (TPSA) is 41.1 Å². The van der Waals surface area contributed by atoms with Crippen molar-refractivity contribution in [3.8, 4) is 0 Å². The standard InChI is InChI=1S/C14H17BrN2O/c15-9-6-7-11-12(8-9)17-14(18)13(11)16-10-4-2-1-3-5-10/h6-8,10,13,16H,1-5H2,(H,17,18). The minimum Gasteiger partial charge on any atom is -0.324 e. The number of nitrogens with one attached hydrogen (secondary N) is 2. The molecule has 3 nitrogen and oxygen atoms in total. The first-order valence-electron chi connectivity index (χ1n) is 6.60. The first kappa shape index (κ1) is 12.2. The number of hydrogen-bond donors (Lipinski definition) is 2. The van der Waals surface area contributed by atoms with E-state index in [1.807, 2.05) is 18.2 Å². The number of anilines is 1. The molecule has 0 aromatic heterocycles. The highest BCUT2D eigenvalue weighted by Crippen LogP contribution is 2.34. The van der Waals surface area contributed by atoms with E-state index in [9.17, 15) is 4.79 Å². The Morgan fingerprint density at radius 2 is 2.00 bits per heavy atom. The van der Waals surface area contributed by atoms with E-state index in [1.54, 1.807) is 0 Å². The lowest BCUT2D eigenvalue weighted by atomic mass is 9.94. The van der Waals surface area contributed by atoms with Crippen LogP contribution in [0.15, 0.2) is 22.7 Å². The lowest BCUT2D eigenvalue weighted by molar-refractivity contribution is -0.117. The lowest BCUT2D eigenvalue weighted by Gasteiger charge is -2.25. The van der Waals surface area contributed by atoms with Crippen LogP contribution in [0, 0.1) is 0 Å². The second-order valence-electron chi connectivity index (χ2n) is 5.16. The van der Waals surface area contributed by atoms with Gasteiger partial charge in [0.2, 0.25) is 5.91 Å². The van der Waals surface area contributed by atoms with Crippen LogP contribution in [0.25, 0.3) is 0 Å². The summed E-state index contributed by atoms with van der Waals surface area (Å²) in [6, 6.07) is 6.31. The van der Waals surface area contributed by atoms with E-state index in [-0.39, 0.29) is 11.9 Å². The smallest absolute Gasteiger partial charge is 0.246 e. The number of fused-ring (bicyclic) bond motifs is 1. The second-order valence-corrected chi connectivity index (χ2v) is 6.07. The molecule has 18 heavy (non-hydrogen) atoms. The molecule has 0 bridgehead atoms. The van der Waals surface area contributed by atoms with E-state index in [2.05, 4.69) is 26.6 Å². The Morgan fingerprint density at radius 3 is 2.78 bits per heavy atom. The molecule has 0 radical (unpaired) electrons. The average Bonchev–Trinajstić information content (AvgIpc) is 2.66. The van der Waals surface area contributed by atoms with Crippen molar-refractivity contribution in [3.63, 3.8) is 0 Å². The van der Waals surface area contributed by atoms with Gasteiger partial charge in [0, 0.05) is 21.8 Å². The number of benzene rings is 1. The molecule has 2 N–H and O–H groups in total. The van der Waals surface area contributed by atoms with Crippen LogP contribution in [0.5, 0.6) is 0 Å². The Bertz CT molecular complexity index is 469. The summed E-state index contributed by atoms with van der Waals surface area (Å²) >= 11 is 3.43. The summed E-state index contributed by atoms with van der Waals surface area (Å²) in [5.41, 5.74) is 2.01. The van der Waals surface area contributed by atoms with Crippen LogP contribution < -0.4 is 10.6 Å². The maximum absolute atomic E-state index is 12.0. The monoisotopic (exact) mass is 308 g/mol. The lowest BCUT2D eigenvalue weighted by Crippen LogP contribution is -2.37. The first-order valence-corrected chi connectivity index (χ1v) is 7.40. The van der Waals surface area contributed by atoms with E-state index in [1.165, 1.54) is 32.1 Å². The molecule has 0 spiro atoms. The number of hydrogen-bond acceptors (Lipinski definition) is 2. The van der Waals surface area contributed by atoms with Crippen molar-refractivity contribution >= 4 is 27.5 Å². The van der Waals surface area contributed by atoms with E-state index in [0.717, 1.165) is 15.7 Å². The Kier molecular flexibility index (Phi) is 3.39. The molecule has 0 saturated heterocycles. The summed E-state index contributed by atoms with van der Waals surface area (Å²) in [7, 11) is 0. The van der Waals surface area contributed by atoms with Crippen molar-refractivity contribution < 1.29 is 4.79 Å². The highest BCUT2D eigenvalue weighted by Gasteiger charge is 2.32. The molecule has 1 aromatic rings. The Labute approximate surface area is 115 Å². The molecule has 96 valence electrons. The largest absolute Gasteiger partial charge is 0.324 e. The zero-order chi connectivity index (χ0) is 12.5. The molecule has 1 fully saturated rings. The van der Waals surface area contributed by atoms with Gasteiger partial charge in [0.15, 0.2) is 0 Å². The van der Waals surface area contributed by atoms with Crippen LogP contribution in [-0.4, -0.2) is 11.9 Å². The van der Waals surface area contributed by atoms with Gasteiger partial charge in [-0.25, -0.2) is 0 Å². The fourth-order valence-electron chi connectivity index (χ4n) is 2.91. The van der Waals surface area contributed by atoms with Crippen molar-refractivity contribution in [2.75, 3.05) is 5.32 Å². The summed E-state index contributed by atoms with van der Waals surface area (Å²) in [5, 5.41) is 6.46. The van der Waals surface area contributed by atoms with Gasteiger partial charge in [-0.2, -0.15) is 0 Å². The van der Waals surface area contributed by atoms with Crippen LogP contribution >= 0.6 is 15.9 Å². The molecule has 1 saturated carbocycles. The quantitative estimate of drug-likeness (QED) is 0.879. The van der Waals surface area contributed by atoms with Crippen LogP contribution in [0.4, 0.5) is 5.69 Å². The molecule has 1 amide bonds. The molecular formula is C14H17BrN2O. The molecule has 1 unspecified atom stereocenters. The summed E-state index contributed by atoms with van der Waals surface area (Å²) in [5.74, 6) is 0.0775. The SMILES string of the molecule is O=C1Nc2cc(Br)ccc2C1NC1CCCCC1. The third-order valence-corrected chi connectivity index (χ3v) is 4.35. The number of halogens is 1. The second kappa shape index (κ2) is 5.02. The van der Waals surface area contributed by atoms with Crippen LogP contribution in [-0.2, 0) is 4.79 Å². The molecule has 1 aliphatic heterocycles. The molecule has 1 aromatic carbocycles. The van der Waals surface area contributed by atoms with Crippen molar-refractivity contribution in [2.45, 2.75) is 44.2 Å². The summed E-state index contributed by atoms with van der Waals surface area (Å²) < 4.78 is 1.000. The molecule has 4 heteroatoms. The highest BCUT2D eigenvalue weighted by atomic mass is 79.9. The minimum absolute atomic E-state index is 0.0775. The summed E-state index contributed by atoms with van der Waals surface area (Å²) in [6.07, 6.45) is 6.27.